The number of aromatic nitrogens is 2. The first kappa shape index (κ1) is 29.8. The number of methoxy groups -OCH3 is 4. The summed E-state index contributed by atoms with van der Waals surface area (Å²) in [6.07, 6.45) is 0. The molecule has 0 aliphatic carbocycles. The molecule has 0 aliphatic rings. The number of fused-ring (bicyclic) bond motifs is 1. The topological polar surface area (TPSA) is 107 Å². The first-order chi connectivity index (χ1) is 20.9. The average Bonchev–Trinajstić information content (AvgIpc) is 3.45. The van der Waals surface area contributed by atoms with Crippen LogP contribution < -0.4 is 18.9 Å². The molecule has 0 atom stereocenters. The van der Waals surface area contributed by atoms with Crippen LogP contribution in [-0.4, -0.2) is 43.8 Å². The van der Waals surface area contributed by atoms with Gasteiger partial charge < -0.3 is 18.9 Å². The highest BCUT2D eigenvalue weighted by atomic mass is 31.2. The smallest absolute Gasteiger partial charge is 0.456 e. The van der Waals surface area contributed by atoms with Crippen LogP contribution in [0.15, 0.2) is 91.0 Å². The van der Waals surface area contributed by atoms with E-state index < -0.39 is 13.5 Å². The molecule has 1 heterocycles. The van der Waals surface area contributed by atoms with Crippen molar-refractivity contribution in [2.75, 3.05) is 28.4 Å². The monoisotopic (exact) mass is 602 g/mol. The van der Waals surface area contributed by atoms with Gasteiger partial charge in [-0.3, -0.25) is 13.8 Å². The highest BCUT2D eigenvalue weighted by molar-refractivity contribution is 7.52. The Morgan fingerprint density at radius 3 is 1.77 bits per heavy atom. The van der Waals surface area contributed by atoms with Crippen molar-refractivity contribution in [3.05, 3.63) is 113 Å². The number of hydrogen-bond donors (Lipinski definition) is 0. The van der Waals surface area contributed by atoms with Crippen LogP contribution >= 0.6 is 7.75 Å². The third kappa shape index (κ3) is 6.27. The van der Waals surface area contributed by atoms with Crippen molar-refractivity contribution >= 4 is 24.4 Å². The molecule has 0 fully saturated rings. The second-order valence-electron chi connectivity index (χ2n) is 9.35. The van der Waals surface area contributed by atoms with E-state index in [0.717, 1.165) is 15.6 Å². The fourth-order valence-corrected chi connectivity index (χ4v) is 6.06. The van der Waals surface area contributed by atoms with Gasteiger partial charge in [0.25, 0.3) is 0 Å². The number of rotatable bonds is 13. The van der Waals surface area contributed by atoms with E-state index >= 15 is 0 Å². The molecule has 0 bridgehead atoms. The summed E-state index contributed by atoms with van der Waals surface area (Å²) in [6.45, 7) is -0.0389. The van der Waals surface area contributed by atoms with Gasteiger partial charge in [0.15, 0.2) is 11.5 Å². The number of hydrogen-bond acceptors (Lipinski definition) is 9. The predicted octanol–water partition coefficient (Wildman–Crippen LogP) is 6.69. The van der Waals surface area contributed by atoms with Gasteiger partial charge in [-0.05, 0) is 35.4 Å². The fourth-order valence-electron chi connectivity index (χ4n) is 4.52. The van der Waals surface area contributed by atoms with Crippen molar-refractivity contribution in [3.63, 3.8) is 0 Å². The summed E-state index contributed by atoms with van der Waals surface area (Å²) in [7, 11) is 1.72. The number of ether oxygens (including phenoxy) is 4. The van der Waals surface area contributed by atoms with E-state index in [1.807, 2.05) is 60.7 Å². The van der Waals surface area contributed by atoms with Gasteiger partial charge in [-0.2, -0.15) is 9.55 Å². The molecular weight excluding hydrogens is 571 g/mol. The highest BCUT2D eigenvalue weighted by Gasteiger charge is 2.34. The van der Waals surface area contributed by atoms with Crippen molar-refractivity contribution in [2.24, 2.45) is 0 Å². The maximum Gasteiger partial charge on any atom is 0.456 e. The van der Waals surface area contributed by atoms with E-state index in [1.54, 1.807) is 18.2 Å². The van der Waals surface area contributed by atoms with Gasteiger partial charge in [0.05, 0.1) is 47.2 Å². The van der Waals surface area contributed by atoms with E-state index in [1.165, 1.54) is 40.6 Å². The summed E-state index contributed by atoms with van der Waals surface area (Å²) in [5, 5.41) is 5.00. The highest BCUT2D eigenvalue weighted by Crippen LogP contribution is 2.53. The minimum absolute atomic E-state index is 0.0195. The molecule has 5 rings (SSSR count). The maximum atomic E-state index is 14.7. The summed E-state index contributed by atoms with van der Waals surface area (Å²) < 4.78 is 49.6. The van der Waals surface area contributed by atoms with Crippen LogP contribution in [0.4, 0.5) is 0 Å². The van der Waals surface area contributed by atoms with Crippen molar-refractivity contribution in [1.82, 2.24) is 9.55 Å². The Morgan fingerprint density at radius 2 is 1.28 bits per heavy atom. The van der Waals surface area contributed by atoms with Gasteiger partial charge in [-0.25, -0.2) is 4.57 Å². The zero-order valence-electron chi connectivity index (χ0n) is 24.2. The molecular formula is C32H31N2O8P. The molecule has 0 aliphatic heterocycles. The second kappa shape index (κ2) is 13.1. The van der Waals surface area contributed by atoms with Crippen LogP contribution in [0.1, 0.15) is 27.2 Å². The lowest BCUT2D eigenvalue weighted by atomic mass is 10.0. The molecule has 5 aromatic rings. The van der Waals surface area contributed by atoms with Crippen LogP contribution in [0.5, 0.6) is 23.0 Å². The van der Waals surface area contributed by atoms with Crippen LogP contribution in [0.25, 0.3) is 10.9 Å². The number of carbonyl (C=O) groups excluding carboxylic acids is 1. The first-order valence-corrected chi connectivity index (χ1v) is 14.8. The average molecular weight is 603 g/mol. The molecule has 0 unspecified atom stereocenters. The molecule has 0 amide bonds. The minimum Gasteiger partial charge on any atom is -0.497 e. The molecule has 0 saturated heterocycles. The van der Waals surface area contributed by atoms with Gasteiger partial charge in [0.1, 0.15) is 11.4 Å². The van der Waals surface area contributed by atoms with Crippen LogP contribution in [0, 0.1) is 0 Å². The molecule has 4 aromatic carbocycles. The summed E-state index contributed by atoms with van der Waals surface area (Å²) in [5.41, 5.74) is 2.16. The molecule has 11 heteroatoms. The lowest BCUT2D eigenvalue weighted by Gasteiger charge is -2.19. The Balaban J connectivity index is 1.64. The van der Waals surface area contributed by atoms with E-state index in [-0.39, 0.29) is 24.5 Å². The predicted molar refractivity (Wildman–Crippen MR) is 161 cm³/mol. The lowest BCUT2D eigenvalue weighted by Crippen LogP contribution is -2.09. The first-order valence-electron chi connectivity index (χ1n) is 13.3. The number of nitrogens with zero attached hydrogens (tertiary/aromatic N) is 2. The van der Waals surface area contributed by atoms with Gasteiger partial charge in [0, 0.05) is 17.0 Å². The van der Waals surface area contributed by atoms with E-state index in [4.69, 9.17) is 28.0 Å². The van der Waals surface area contributed by atoms with Gasteiger partial charge in [-0.1, -0.05) is 60.7 Å². The van der Waals surface area contributed by atoms with E-state index in [0.29, 0.717) is 33.9 Å². The van der Waals surface area contributed by atoms with Crippen LogP contribution in [0.3, 0.4) is 0 Å². The molecule has 0 N–H and O–H groups in total. The van der Waals surface area contributed by atoms with Crippen molar-refractivity contribution in [3.8, 4) is 23.0 Å². The number of ketones is 1. The van der Waals surface area contributed by atoms with Gasteiger partial charge in [-0.15, -0.1) is 0 Å². The second-order valence-corrected chi connectivity index (χ2v) is 11.2. The molecule has 10 nitrogen and oxygen atoms in total. The standard InChI is InChI=1S/C32H31N2O8P/c1-37-25-15-16-26-27(19-25)34(33-30(26)31(35)24-17-28(38-2)32(40-4)29(18-24)39-3)43(36,41-20-22-11-7-5-8-12-22)42-21-23-13-9-6-10-14-23/h5-19H,20-21H2,1-4H3. The Morgan fingerprint density at radius 1 is 0.721 bits per heavy atom. The van der Waals surface area contributed by atoms with Gasteiger partial charge >= 0.3 is 7.75 Å². The third-order valence-electron chi connectivity index (χ3n) is 6.72. The van der Waals surface area contributed by atoms with E-state index in [9.17, 15) is 9.36 Å². The van der Waals surface area contributed by atoms with Gasteiger partial charge in [0.2, 0.25) is 11.5 Å². The summed E-state index contributed by atoms with van der Waals surface area (Å²) >= 11 is 0. The molecule has 43 heavy (non-hydrogen) atoms. The summed E-state index contributed by atoms with van der Waals surface area (Å²) in [5.74, 6) is 0.955. The van der Waals surface area contributed by atoms with E-state index in [2.05, 4.69) is 5.10 Å². The number of benzene rings is 4. The molecule has 0 radical (unpaired) electrons. The van der Waals surface area contributed by atoms with Crippen LogP contribution in [0.2, 0.25) is 0 Å². The van der Waals surface area contributed by atoms with Crippen molar-refractivity contribution < 1.29 is 37.4 Å². The summed E-state index contributed by atoms with van der Waals surface area (Å²) in [6, 6.07) is 26.7. The molecule has 0 spiro atoms. The normalized spacial score (nSPS) is 11.3. The Kier molecular flexibility index (Phi) is 9.11. The van der Waals surface area contributed by atoms with Crippen molar-refractivity contribution in [2.45, 2.75) is 13.2 Å². The zero-order valence-corrected chi connectivity index (χ0v) is 25.1. The Hall–Kier alpha value is -4.63. The number of carbonyl (C=O) groups is 1. The fraction of sp³-hybridized carbons (Fsp3) is 0.188. The lowest BCUT2D eigenvalue weighted by molar-refractivity contribution is 0.103. The third-order valence-corrected chi connectivity index (χ3v) is 8.40. The van der Waals surface area contributed by atoms with Crippen molar-refractivity contribution in [1.29, 1.82) is 0 Å². The summed E-state index contributed by atoms with van der Waals surface area (Å²) in [4.78, 5) is 14.0. The SMILES string of the molecule is COc1ccc2c(C(=O)c3cc(OC)c(OC)c(OC)c3)nn(P(=O)(OCc3ccccc3)OCc3ccccc3)c2c1. The minimum atomic E-state index is -4.20. The largest absolute Gasteiger partial charge is 0.497 e. The van der Waals surface area contributed by atoms with Crippen LogP contribution in [-0.2, 0) is 26.8 Å². The maximum absolute atomic E-state index is 14.7. The Bertz CT molecular complexity index is 1700. The molecule has 0 saturated carbocycles. The quantitative estimate of drug-likeness (QED) is 0.108. The Labute approximate surface area is 249 Å². The zero-order chi connectivity index (χ0) is 30.4. The molecule has 222 valence electrons. The molecule has 1 aromatic heterocycles.